The molecule has 1 aliphatic rings. The van der Waals surface area contributed by atoms with E-state index in [9.17, 15) is 9.18 Å². The number of carbonyl (C=O) groups is 1. The van der Waals surface area contributed by atoms with Crippen molar-refractivity contribution < 1.29 is 18.8 Å². The van der Waals surface area contributed by atoms with E-state index >= 15 is 0 Å². The number of piperazine rings is 1. The first-order chi connectivity index (χ1) is 9.61. The SMILES string of the molecule is CCOC(=O)N1CC[NH+](Cc2c(F)cccc2Cl)CC1. The summed E-state index contributed by atoms with van der Waals surface area (Å²) in [5.74, 6) is -0.266. The van der Waals surface area contributed by atoms with Gasteiger partial charge in [-0.15, -0.1) is 0 Å². The van der Waals surface area contributed by atoms with Crippen LogP contribution in [-0.4, -0.2) is 43.8 Å². The Morgan fingerprint density at radius 2 is 2.15 bits per heavy atom. The summed E-state index contributed by atoms with van der Waals surface area (Å²) in [6.45, 7) is 5.51. The molecule has 1 aromatic carbocycles. The van der Waals surface area contributed by atoms with Crippen LogP contribution < -0.4 is 4.90 Å². The third-order valence-electron chi connectivity index (χ3n) is 3.49. The quantitative estimate of drug-likeness (QED) is 0.914. The average Bonchev–Trinajstić information content (AvgIpc) is 2.44. The second-order valence-corrected chi connectivity index (χ2v) is 5.22. The van der Waals surface area contributed by atoms with Crippen molar-refractivity contribution in [2.75, 3.05) is 32.8 Å². The molecule has 0 bridgehead atoms. The van der Waals surface area contributed by atoms with E-state index in [4.69, 9.17) is 16.3 Å². The van der Waals surface area contributed by atoms with Crippen molar-refractivity contribution in [3.8, 4) is 0 Å². The highest BCUT2D eigenvalue weighted by Gasteiger charge is 2.25. The summed E-state index contributed by atoms with van der Waals surface area (Å²) in [6, 6.07) is 4.74. The number of nitrogens with one attached hydrogen (secondary N) is 1. The standard InChI is InChI=1S/C14H18ClFN2O2/c1-2-20-14(19)18-8-6-17(7-9-18)10-11-12(15)4-3-5-13(11)16/h3-5H,2,6-10H2,1H3/p+1. The van der Waals surface area contributed by atoms with Crippen molar-refractivity contribution in [1.82, 2.24) is 4.90 Å². The molecule has 0 radical (unpaired) electrons. The normalized spacial score (nSPS) is 16.2. The molecule has 0 saturated carbocycles. The molecule has 1 amide bonds. The largest absolute Gasteiger partial charge is 0.450 e. The molecule has 2 rings (SSSR count). The Kier molecular flexibility index (Phi) is 5.20. The zero-order valence-electron chi connectivity index (χ0n) is 11.5. The molecule has 1 heterocycles. The minimum absolute atomic E-state index is 0.266. The summed E-state index contributed by atoms with van der Waals surface area (Å²) in [4.78, 5) is 14.5. The van der Waals surface area contributed by atoms with E-state index < -0.39 is 0 Å². The van der Waals surface area contributed by atoms with Crippen LogP contribution in [0.25, 0.3) is 0 Å². The van der Waals surface area contributed by atoms with Gasteiger partial charge < -0.3 is 9.64 Å². The van der Waals surface area contributed by atoms with Crippen molar-refractivity contribution in [3.63, 3.8) is 0 Å². The predicted molar refractivity (Wildman–Crippen MR) is 74.4 cm³/mol. The van der Waals surface area contributed by atoms with Gasteiger partial charge in [-0.05, 0) is 19.1 Å². The van der Waals surface area contributed by atoms with Gasteiger partial charge in [0, 0.05) is 0 Å². The molecule has 1 N–H and O–H groups in total. The first kappa shape index (κ1) is 15.1. The van der Waals surface area contributed by atoms with Crippen LogP contribution in [0, 0.1) is 5.82 Å². The van der Waals surface area contributed by atoms with Crippen molar-refractivity contribution in [2.45, 2.75) is 13.5 Å². The van der Waals surface area contributed by atoms with Crippen LogP contribution in [0.4, 0.5) is 9.18 Å². The highest BCUT2D eigenvalue weighted by molar-refractivity contribution is 6.31. The van der Waals surface area contributed by atoms with Crippen molar-refractivity contribution in [2.24, 2.45) is 0 Å². The molecule has 1 aliphatic heterocycles. The van der Waals surface area contributed by atoms with E-state index in [0.29, 0.717) is 36.8 Å². The van der Waals surface area contributed by atoms with Gasteiger partial charge in [-0.2, -0.15) is 0 Å². The maximum Gasteiger partial charge on any atom is 0.410 e. The number of nitrogens with zero attached hydrogens (tertiary/aromatic N) is 1. The van der Waals surface area contributed by atoms with Crippen LogP contribution in [0.1, 0.15) is 12.5 Å². The molecular weight excluding hydrogens is 283 g/mol. The molecule has 1 saturated heterocycles. The minimum atomic E-state index is -0.268. The molecule has 0 atom stereocenters. The summed E-state index contributed by atoms with van der Waals surface area (Å²) in [5, 5.41) is 0.463. The van der Waals surface area contributed by atoms with Crippen LogP contribution in [0.3, 0.4) is 0 Å². The summed E-state index contributed by atoms with van der Waals surface area (Å²) in [5.41, 5.74) is 0.550. The van der Waals surface area contributed by atoms with Gasteiger partial charge in [0.25, 0.3) is 0 Å². The van der Waals surface area contributed by atoms with Crippen molar-refractivity contribution >= 4 is 17.7 Å². The molecule has 4 nitrogen and oxygen atoms in total. The number of carbonyl (C=O) groups excluding carboxylic acids is 1. The third kappa shape index (κ3) is 3.61. The lowest BCUT2D eigenvalue weighted by molar-refractivity contribution is -0.917. The van der Waals surface area contributed by atoms with E-state index in [1.165, 1.54) is 11.0 Å². The number of halogens is 2. The predicted octanol–water partition coefficient (Wildman–Crippen LogP) is 1.34. The number of hydrogen-bond donors (Lipinski definition) is 1. The molecule has 20 heavy (non-hydrogen) atoms. The van der Waals surface area contributed by atoms with E-state index in [-0.39, 0.29) is 11.9 Å². The molecule has 0 aliphatic carbocycles. The zero-order chi connectivity index (χ0) is 14.5. The Labute approximate surface area is 123 Å². The van der Waals surface area contributed by atoms with Crippen LogP contribution in [0.2, 0.25) is 5.02 Å². The van der Waals surface area contributed by atoms with E-state index in [0.717, 1.165) is 13.1 Å². The fraction of sp³-hybridized carbons (Fsp3) is 0.500. The average molecular weight is 302 g/mol. The first-order valence-corrected chi connectivity index (χ1v) is 7.17. The van der Waals surface area contributed by atoms with E-state index in [1.54, 1.807) is 24.0 Å². The van der Waals surface area contributed by atoms with Gasteiger partial charge in [0.05, 0.1) is 43.4 Å². The fourth-order valence-corrected chi connectivity index (χ4v) is 2.58. The molecule has 0 aromatic heterocycles. The first-order valence-electron chi connectivity index (χ1n) is 6.80. The maximum atomic E-state index is 13.7. The molecular formula is C14H19ClFN2O2+. The lowest BCUT2D eigenvalue weighted by atomic mass is 10.2. The Morgan fingerprint density at radius 3 is 2.75 bits per heavy atom. The summed E-state index contributed by atoms with van der Waals surface area (Å²) >= 11 is 6.03. The Balaban J connectivity index is 1.90. The Hall–Kier alpha value is -1.33. The van der Waals surface area contributed by atoms with E-state index in [1.807, 2.05) is 0 Å². The second-order valence-electron chi connectivity index (χ2n) is 4.81. The lowest BCUT2D eigenvalue weighted by Crippen LogP contribution is -3.13. The van der Waals surface area contributed by atoms with Crippen LogP contribution >= 0.6 is 11.6 Å². The summed E-state index contributed by atoms with van der Waals surface area (Å²) < 4.78 is 18.7. The highest BCUT2D eigenvalue weighted by Crippen LogP contribution is 2.17. The van der Waals surface area contributed by atoms with Gasteiger partial charge in [-0.25, -0.2) is 9.18 Å². The van der Waals surface area contributed by atoms with Crippen molar-refractivity contribution in [1.29, 1.82) is 0 Å². The number of rotatable bonds is 3. The summed E-state index contributed by atoms with van der Waals surface area (Å²) in [6.07, 6.45) is -0.268. The Bertz CT molecular complexity index is 456. The number of ether oxygens (including phenoxy) is 1. The second kappa shape index (κ2) is 6.90. The maximum absolute atomic E-state index is 13.7. The monoisotopic (exact) mass is 301 g/mol. The molecule has 0 unspecified atom stereocenters. The summed E-state index contributed by atoms with van der Waals surface area (Å²) in [7, 11) is 0. The van der Waals surface area contributed by atoms with Gasteiger partial charge in [0.1, 0.15) is 12.4 Å². The number of amides is 1. The van der Waals surface area contributed by atoms with Crippen LogP contribution in [-0.2, 0) is 11.3 Å². The van der Waals surface area contributed by atoms with Gasteiger partial charge >= 0.3 is 6.09 Å². The molecule has 0 spiro atoms. The van der Waals surface area contributed by atoms with E-state index in [2.05, 4.69) is 0 Å². The Morgan fingerprint density at radius 1 is 1.45 bits per heavy atom. The lowest BCUT2D eigenvalue weighted by Gasteiger charge is -2.31. The molecule has 1 aromatic rings. The van der Waals surface area contributed by atoms with Crippen LogP contribution in [0.5, 0.6) is 0 Å². The number of quaternary nitrogens is 1. The zero-order valence-corrected chi connectivity index (χ0v) is 12.3. The van der Waals surface area contributed by atoms with Crippen molar-refractivity contribution in [3.05, 3.63) is 34.6 Å². The third-order valence-corrected chi connectivity index (χ3v) is 3.84. The number of benzene rings is 1. The molecule has 1 fully saturated rings. The van der Waals surface area contributed by atoms with Gasteiger partial charge in [-0.3, -0.25) is 4.90 Å². The highest BCUT2D eigenvalue weighted by atomic mass is 35.5. The van der Waals surface area contributed by atoms with Gasteiger partial charge in [-0.1, -0.05) is 17.7 Å². The topological polar surface area (TPSA) is 34.0 Å². The smallest absolute Gasteiger partial charge is 0.410 e. The minimum Gasteiger partial charge on any atom is -0.450 e. The molecule has 6 heteroatoms. The fourth-order valence-electron chi connectivity index (χ4n) is 2.35. The van der Waals surface area contributed by atoms with Gasteiger partial charge in [0.2, 0.25) is 0 Å². The van der Waals surface area contributed by atoms with Crippen LogP contribution in [0.15, 0.2) is 18.2 Å². The number of hydrogen-bond acceptors (Lipinski definition) is 2. The molecule has 110 valence electrons. The van der Waals surface area contributed by atoms with Gasteiger partial charge in [0.15, 0.2) is 0 Å².